The van der Waals surface area contributed by atoms with E-state index >= 15 is 0 Å². The highest BCUT2D eigenvalue weighted by Gasteiger charge is 2.06. The SMILES string of the molecule is CC(C)CCCC(C)NC(N)=NCc1cc(C#N)ccc1F.I. The van der Waals surface area contributed by atoms with Crippen molar-refractivity contribution in [2.24, 2.45) is 16.6 Å². The lowest BCUT2D eigenvalue weighted by Crippen LogP contribution is -2.38. The highest BCUT2D eigenvalue weighted by molar-refractivity contribution is 14.0. The van der Waals surface area contributed by atoms with Gasteiger partial charge in [0, 0.05) is 11.6 Å². The van der Waals surface area contributed by atoms with Gasteiger partial charge in [-0.05, 0) is 37.5 Å². The van der Waals surface area contributed by atoms with E-state index in [0.717, 1.165) is 12.8 Å². The van der Waals surface area contributed by atoms with Gasteiger partial charge in [0.15, 0.2) is 5.96 Å². The van der Waals surface area contributed by atoms with Crippen LogP contribution in [0.3, 0.4) is 0 Å². The number of nitrogens with one attached hydrogen (secondary N) is 1. The number of hydrogen-bond acceptors (Lipinski definition) is 2. The van der Waals surface area contributed by atoms with Gasteiger partial charge in [0.25, 0.3) is 0 Å². The van der Waals surface area contributed by atoms with Crippen molar-refractivity contribution in [3.63, 3.8) is 0 Å². The predicted molar refractivity (Wildman–Crippen MR) is 103 cm³/mol. The molecule has 0 aliphatic carbocycles. The smallest absolute Gasteiger partial charge is 0.189 e. The largest absolute Gasteiger partial charge is 0.370 e. The van der Waals surface area contributed by atoms with E-state index in [4.69, 9.17) is 11.0 Å². The Balaban J connectivity index is 0.00000484. The van der Waals surface area contributed by atoms with Crippen LogP contribution in [0.5, 0.6) is 0 Å². The van der Waals surface area contributed by atoms with Crippen LogP contribution < -0.4 is 11.1 Å². The molecule has 0 saturated carbocycles. The molecule has 0 aliphatic heterocycles. The number of benzene rings is 1. The lowest BCUT2D eigenvalue weighted by molar-refractivity contribution is 0.493. The van der Waals surface area contributed by atoms with Crippen molar-refractivity contribution in [3.8, 4) is 6.07 Å². The number of hydrogen-bond donors (Lipinski definition) is 2. The summed E-state index contributed by atoms with van der Waals surface area (Å²) in [6, 6.07) is 6.44. The number of aliphatic imine (C=N–C) groups is 1. The molecule has 6 heteroatoms. The molecular weight excluding hydrogens is 406 g/mol. The fourth-order valence-electron chi connectivity index (χ4n) is 2.14. The van der Waals surface area contributed by atoms with Gasteiger partial charge in [-0.3, -0.25) is 0 Å². The predicted octanol–water partition coefficient (Wildman–Crippen LogP) is 3.93. The zero-order valence-corrected chi connectivity index (χ0v) is 16.3. The first-order chi connectivity index (χ1) is 10.4. The average molecular weight is 432 g/mol. The van der Waals surface area contributed by atoms with Crippen molar-refractivity contribution in [3.05, 3.63) is 35.1 Å². The first-order valence-electron chi connectivity index (χ1n) is 7.67. The highest BCUT2D eigenvalue weighted by atomic mass is 127. The van der Waals surface area contributed by atoms with Gasteiger partial charge in [-0.25, -0.2) is 9.38 Å². The zero-order valence-electron chi connectivity index (χ0n) is 14.0. The molecule has 23 heavy (non-hydrogen) atoms. The summed E-state index contributed by atoms with van der Waals surface area (Å²) in [5, 5.41) is 11.9. The topological polar surface area (TPSA) is 74.2 Å². The zero-order chi connectivity index (χ0) is 16.5. The van der Waals surface area contributed by atoms with Gasteiger partial charge in [0.2, 0.25) is 0 Å². The minimum absolute atomic E-state index is 0. The van der Waals surface area contributed by atoms with E-state index in [9.17, 15) is 4.39 Å². The quantitative estimate of drug-likeness (QED) is 0.390. The molecule has 4 nitrogen and oxygen atoms in total. The molecule has 3 N–H and O–H groups in total. The summed E-state index contributed by atoms with van der Waals surface area (Å²) in [4.78, 5) is 4.15. The highest BCUT2D eigenvalue weighted by Crippen LogP contribution is 2.11. The second-order valence-corrected chi connectivity index (χ2v) is 5.99. The molecule has 1 atom stereocenters. The molecule has 0 aliphatic rings. The molecule has 0 fully saturated rings. The molecular formula is C17H26FIN4. The molecule has 0 amide bonds. The van der Waals surface area contributed by atoms with E-state index in [1.165, 1.54) is 24.6 Å². The lowest BCUT2D eigenvalue weighted by atomic mass is 10.0. The van der Waals surface area contributed by atoms with Gasteiger partial charge < -0.3 is 11.1 Å². The van der Waals surface area contributed by atoms with Crippen LogP contribution in [0.25, 0.3) is 0 Å². The molecule has 1 aromatic carbocycles. The molecule has 1 aromatic rings. The van der Waals surface area contributed by atoms with Crippen molar-refractivity contribution >= 4 is 29.9 Å². The summed E-state index contributed by atoms with van der Waals surface area (Å²) in [6.45, 7) is 6.59. The fourth-order valence-corrected chi connectivity index (χ4v) is 2.14. The van der Waals surface area contributed by atoms with E-state index in [2.05, 4.69) is 31.1 Å². The Morgan fingerprint density at radius 3 is 2.65 bits per heavy atom. The molecule has 0 aromatic heterocycles. The minimum atomic E-state index is -0.375. The first kappa shape index (κ1) is 21.6. The van der Waals surface area contributed by atoms with Gasteiger partial charge in [0.05, 0.1) is 18.2 Å². The molecule has 1 rings (SSSR count). The van der Waals surface area contributed by atoms with Crippen LogP contribution in [0.15, 0.2) is 23.2 Å². The first-order valence-corrected chi connectivity index (χ1v) is 7.67. The maximum Gasteiger partial charge on any atom is 0.189 e. The molecule has 128 valence electrons. The summed E-state index contributed by atoms with van der Waals surface area (Å²) >= 11 is 0. The van der Waals surface area contributed by atoms with E-state index < -0.39 is 0 Å². The minimum Gasteiger partial charge on any atom is -0.370 e. The molecule has 0 heterocycles. The van der Waals surface area contributed by atoms with E-state index in [-0.39, 0.29) is 42.4 Å². The van der Waals surface area contributed by atoms with Crippen LogP contribution in [0, 0.1) is 23.1 Å². The Morgan fingerprint density at radius 1 is 1.35 bits per heavy atom. The van der Waals surface area contributed by atoms with Gasteiger partial charge in [-0.1, -0.05) is 26.7 Å². The Morgan fingerprint density at radius 2 is 2.04 bits per heavy atom. The van der Waals surface area contributed by atoms with Crippen LogP contribution in [-0.4, -0.2) is 12.0 Å². The normalized spacial score (nSPS) is 12.4. The van der Waals surface area contributed by atoms with Crippen LogP contribution in [0.1, 0.15) is 51.2 Å². The van der Waals surface area contributed by atoms with Crippen LogP contribution >= 0.6 is 24.0 Å². The summed E-state index contributed by atoms with van der Waals surface area (Å²) in [5.74, 6) is 0.632. The Labute approximate surface area is 155 Å². The number of nitrogens with two attached hydrogens (primary N) is 1. The number of nitrogens with zero attached hydrogens (tertiary/aromatic N) is 2. The van der Waals surface area contributed by atoms with E-state index in [0.29, 0.717) is 23.0 Å². The number of guanidine groups is 1. The van der Waals surface area contributed by atoms with E-state index in [1.54, 1.807) is 0 Å². The number of nitriles is 1. The maximum atomic E-state index is 13.6. The Hall–Kier alpha value is -1.36. The van der Waals surface area contributed by atoms with Crippen molar-refractivity contribution in [1.82, 2.24) is 5.32 Å². The molecule has 0 radical (unpaired) electrons. The van der Waals surface area contributed by atoms with Crippen molar-refractivity contribution in [1.29, 1.82) is 5.26 Å². The third-order valence-corrected chi connectivity index (χ3v) is 3.41. The van der Waals surface area contributed by atoms with Gasteiger partial charge in [-0.2, -0.15) is 5.26 Å². The monoisotopic (exact) mass is 432 g/mol. The second kappa shape index (κ2) is 11.2. The number of rotatable bonds is 7. The van der Waals surface area contributed by atoms with Crippen LogP contribution in [0.2, 0.25) is 0 Å². The summed E-state index contributed by atoms with van der Waals surface area (Å²) in [7, 11) is 0. The molecule has 0 saturated heterocycles. The number of halogens is 2. The summed E-state index contributed by atoms with van der Waals surface area (Å²) in [5.41, 5.74) is 6.61. The van der Waals surface area contributed by atoms with Crippen LogP contribution in [0.4, 0.5) is 4.39 Å². The second-order valence-electron chi connectivity index (χ2n) is 5.99. The van der Waals surface area contributed by atoms with Gasteiger partial charge >= 0.3 is 0 Å². The summed E-state index contributed by atoms with van der Waals surface area (Å²) in [6.07, 6.45) is 3.35. The molecule has 0 bridgehead atoms. The van der Waals surface area contributed by atoms with Crippen LogP contribution in [-0.2, 0) is 6.54 Å². The van der Waals surface area contributed by atoms with Gasteiger partial charge in [0.1, 0.15) is 5.82 Å². The third kappa shape index (κ3) is 8.74. The maximum absolute atomic E-state index is 13.6. The van der Waals surface area contributed by atoms with Crippen molar-refractivity contribution in [2.75, 3.05) is 0 Å². The fraction of sp³-hybridized carbons (Fsp3) is 0.529. The van der Waals surface area contributed by atoms with E-state index in [1.807, 2.05) is 6.07 Å². The van der Waals surface area contributed by atoms with Gasteiger partial charge in [-0.15, -0.1) is 24.0 Å². The average Bonchev–Trinajstić information content (AvgIpc) is 2.46. The molecule has 0 spiro atoms. The lowest BCUT2D eigenvalue weighted by Gasteiger charge is -2.15. The molecule has 1 unspecified atom stereocenters. The third-order valence-electron chi connectivity index (χ3n) is 3.41. The Kier molecular flexibility index (Phi) is 10.6. The standard InChI is InChI=1S/C17H25FN4.HI/c1-12(2)5-4-6-13(3)22-17(20)21-11-15-9-14(10-19)7-8-16(15)18;/h7-9,12-13H,4-6,11H2,1-3H3,(H3,20,21,22);1H. The summed E-state index contributed by atoms with van der Waals surface area (Å²) < 4.78 is 13.6. The van der Waals surface area contributed by atoms with Crippen molar-refractivity contribution in [2.45, 2.75) is 52.6 Å². The van der Waals surface area contributed by atoms with Crippen molar-refractivity contribution < 1.29 is 4.39 Å². The Bertz CT molecular complexity index is 552.